The average Bonchev–Trinajstić information content (AvgIpc) is 3.46. The van der Waals surface area contributed by atoms with Crippen molar-refractivity contribution in [2.75, 3.05) is 20.8 Å². The normalized spacial score (nSPS) is 11.1. The van der Waals surface area contributed by atoms with Gasteiger partial charge < -0.3 is 14.2 Å². The van der Waals surface area contributed by atoms with E-state index in [1.807, 2.05) is 54.6 Å². The minimum Gasteiger partial charge on any atom is -0.497 e. The van der Waals surface area contributed by atoms with Gasteiger partial charge in [-0.2, -0.15) is 5.10 Å². The number of ether oxygens (including phenoxy) is 3. The zero-order valence-corrected chi connectivity index (χ0v) is 24.8. The fraction of sp³-hybridized carbons (Fsp3) is 0.147. The number of hydrogen-bond acceptors (Lipinski definition) is 6. The molecule has 0 amide bonds. The van der Waals surface area contributed by atoms with Gasteiger partial charge in [0.1, 0.15) is 18.0 Å². The van der Waals surface area contributed by atoms with Crippen LogP contribution >= 0.6 is 0 Å². The summed E-state index contributed by atoms with van der Waals surface area (Å²) in [5.41, 5.74) is 0.546. The standard InChI is InChI=1S/C34H32N2O5Si/c1-4-41-34(38)30-23-33(36(35-30)24-31(37)29-21-20-25(39-2)22-32(29)40-3)42(26-14-8-5-9-15-26,27-16-10-6-11-17-27)28-18-12-7-13-19-28/h5-23H,4,24H2,1-3H3. The Morgan fingerprint density at radius 1 is 0.738 bits per heavy atom. The molecule has 0 aliphatic rings. The van der Waals surface area contributed by atoms with Crippen LogP contribution in [0.25, 0.3) is 0 Å². The number of hydrogen-bond donors (Lipinski definition) is 0. The monoisotopic (exact) mass is 576 g/mol. The van der Waals surface area contributed by atoms with E-state index in [1.165, 1.54) is 7.11 Å². The van der Waals surface area contributed by atoms with Crippen molar-refractivity contribution in [1.29, 1.82) is 0 Å². The molecule has 1 heterocycles. The van der Waals surface area contributed by atoms with E-state index in [0.29, 0.717) is 17.1 Å². The third-order valence-corrected chi connectivity index (χ3v) is 12.0. The summed E-state index contributed by atoms with van der Waals surface area (Å²) < 4.78 is 17.9. The van der Waals surface area contributed by atoms with Crippen LogP contribution in [0.4, 0.5) is 0 Å². The van der Waals surface area contributed by atoms with Crippen molar-refractivity contribution in [1.82, 2.24) is 9.78 Å². The molecule has 1 aromatic heterocycles. The Hall–Kier alpha value is -4.95. The second-order valence-electron chi connectivity index (χ2n) is 9.63. The molecule has 42 heavy (non-hydrogen) atoms. The molecule has 0 saturated carbocycles. The Morgan fingerprint density at radius 3 is 1.76 bits per heavy atom. The first kappa shape index (κ1) is 28.6. The summed E-state index contributed by atoms with van der Waals surface area (Å²) in [6, 6.07) is 37.6. The van der Waals surface area contributed by atoms with Crippen LogP contribution in [0.5, 0.6) is 11.5 Å². The maximum atomic E-state index is 13.9. The van der Waals surface area contributed by atoms with E-state index in [9.17, 15) is 9.59 Å². The summed E-state index contributed by atoms with van der Waals surface area (Å²) in [6.07, 6.45) is 0. The fourth-order valence-corrected chi connectivity index (χ4v) is 10.2. The minimum absolute atomic E-state index is 0.112. The molecule has 4 aromatic carbocycles. The van der Waals surface area contributed by atoms with Gasteiger partial charge in [0.25, 0.3) is 0 Å². The van der Waals surface area contributed by atoms with E-state index in [1.54, 1.807) is 43.0 Å². The summed E-state index contributed by atoms with van der Waals surface area (Å²) in [6.45, 7) is 1.85. The van der Waals surface area contributed by atoms with Crippen molar-refractivity contribution in [3.63, 3.8) is 0 Å². The maximum absolute atomic E-state index is 13.9. The van der Waals surface area contributed by atoms with Gasteiger partial charge in [0, 0.05) is 11.4 Å². The van der Waals surface area contributed by atoms with Gasteiger partial charge in [0.2, 0.25) is 8.07 Å². The number of nitrogens with zero attached hydrogens (tertiary/aromatic N) is 2. The molecule has 5 rings (SSSR count). The Morgan fingerprint density at radius 2 is 1.29 bits per heavy atom. The molecule has 0 aliphatic heterocycles. The minimum atomic E-state index is -3.11. The second-order valence-corrected chi connectivity index (χ2v) is 13.4. The van der Waals surface area contributed by atoms with Crippen molar-refractivity contribution >= 4 is 40.7 Å². The average molecular weight is 577 g/mol. The summed E-state index contributed by atoms with van der Waals surface area (Å²) in [5.74, 6) is 0.225. The highest BCUT2D eigenvalue weighted by molar-refractivity contribution is 7.19. The van der Waals surface area contributed by atoms with Gasteiger partial charge in [-0.15, -0.1) is 0 Å². The second kappa shape index (κ2) is 12.7. The van der Waals surface area contributed by atoms with Crippen molar-refractivity contribution in [2.45, 2.75) is 13.5 Å². The third-order valence-electron chi connectivity index (χ3n) is 7.27. The molecule has 8 heteroatoms. The number of benzene rings is 4. The van der Waals surface area contributed by atoms with Crippen molar-refractivity contribution in [2.24, 2.45) is 0 Å². The Balaban J connectivity index is 1.79. The molecule has 0 radical (unpaired) electrons. The molecule has 0 aliphatic carbocycles. The molecular weight excluding hydrogens is 544 g/mol. The Labute approximate surface area is 246 Å². The lowest BCUT2D eigenvalue weighted by Crippen LogP contribution is -2.76. The molecule has 0 fully saturated rings. The molecule has 5 aromatic rings. The van der Waals surface area contributed by atoms with Crippen molar-refractivity contribution in [3.05, 3.63) is 127 Å². The maximum Gasteiger partial charge on any atom is 0.358 e. The van der Waals surface area contributed by atoms with E-state index in [-0.39, 0.29) is 24.6 Å². The number of carbonyl (C=O) groups excluding carboxylic acids is 2. The molecule has 0 atom stereocenters. The zero-order valence-electron chi connectivity index (χ0n) is 23.8. The number of aromatic nitrogens is 2. The lowest BCUT2D eigenvalue weighted by Gasteiger charge is -2.34. The quantitative estimate of drug-likeness (QED) is 0.104. The van der Waals surface area contributed by atoms with Gasteiger partial charge in [0.15, 0.2) is 11.5 Å². The van der Waals surface area contributed by atoms with Crippen LogP contribution in [0.2, 0.25) is 0 Å². The van der Waals surface area contributed by atoms with E-state index in [2.05, 4.69) is 36.4 Å². The molecule has 7 nitrogen and oxygen atoms in total. The van der Waals surface area contributed by atoms with Gasteiger partial charge in [-0.05, 0) is 40.7 Å². The first-order valence-electron chi connectivity index (χ1n) is 13.7. The SMILES string of the molecule is CCOC(=O)c1cc([Si](c2ccccc2)(c2ccccc2)c2ccccc2)n(CC(=O)c2ccc(OC)cc2OC)n1. The molecule has 0 unspecified atom stereocenters. The summed E-state index contributed by atoms with van der Waals surface area (Å²) in [5, 5.41) is 8.78. The molecule has 0 spiro atoms. The molecule has 212 valence electrons. The largest absolute Gasteiger partial charge is 0.497 e. The van der Waals surface area contributed by atoms with Crippen LogP contribution in [0.15, 0.2) is 115 Å². The Kier molecular flexibility index (Phi) is 8.64. The number of ketones is 1. The summed E-state index contributed by atoms with van der Waals surface area (Å²) >= 11 is 0. The third kappa shape index (κ3) is 5.36. The van der Waals surface area contributed by atoms with Gasteiger partial charge in [-0.25, -0.2) is 4.79 Å². The molecule has 0 N–H and O–H groups in total. The number of rotatable bonds is 11. The van der Waals surface area contributed by atoms with Crippen LogP contribution in [0.3, 0.4) is 0 Å². The van der Waals surface area contributed by atoms with Crippen molar-refractivity contribution in [3.8, 4) is 11.5 Å². The van der Waals surface area contributed by atoms with Crippen LogP contribution < -0.4 is 30.4 Å². The topological polar surface area (TPSA) is 79.7 Å². The lowest BCUT2D eigenvalue weighted by molar-refractivity contribution is 0.0517. The van der Waals surface area contributed by atoms with E-state index in [4.69, 9.17) is 19.3 Å². The predicted molar refractivity (Wildman–Crippen MR) is 166 cm³/mol. The van der Waals surface area contributed by atoms with Crippen LogP contribution in [0, 0.1) is 0 Å². The fourth-order valence-electron chi connectivity index (χ4n) is 5.40. The van der Waals surface area contributed by atoms with Crippen LogP contribution in [-0.2, 0) is 11.3 Å². The van der Waals surface area contributed by atoms with Gasteiger partial charge >= 0.3 is 5.97 Å². The summed E-state index contributed by atoms with van der Waals surface area (Å²) in [4.78, 5) is 27.0. The number of esters is 1. The van der Waals surface area contributed by atoms with Gasteiger partial charge in [-0.1, -0.05) is 91.0 Å². The number of Topliss-reactive ketones (excluding diaryl/α,β-unsaturated/α-hetero) is 1. The smallest absolute Gasteiger partial charge is 0.358 e. The zero-order chi connectivity index (χ0) is 29.5. The molecular formula is C34H32N2O5Si. The van der Waals surface area contributed by atoms with E-state index < -0.39 is 14.0 Å². The van der Waals surface area contributed by atoms with E-state index in [0.717, 1.165) is 20.9 Å². The van der Waals surface area contributed by atoms with Crippen LogP contribution in [-0.4, -0.2) is 50.4 Å². The molecule has 0 bridgehead atoms. The Bertz CT molecular complexity index is 1570. The first-order chi connectivity index (χ1) is 20.5. The first-order valence-corrected chi connectivity index (χ1v) is 15.7. The van der Waals surface area contributed by atoms with Gasteiger partial charge in [0.05, 0.1) is 26.4 Å². The summed E-state index contributed by atoms with van der Waals surface area (Å²) in [7, 11) is -0.0322. The predicted octanol–water partition coefficient (Wildman–Crippen LogP) is 3.34. The van der Waals surface area contributed by atoms with Gasteiger partial charge in [-0.3, -0.25) is 9.48 Å². The number of methoxy groups -OCH3 is 2. The van der Waals surface area contributed by atoms with Crippen LogP contribution in [0.1, 0.15) is 27.8 Å². The lowest BCUT2D eigenvalue weighted by atomic mass is 10.1. The molecule has 0 saturated heterocycles. The highest BCUT2D eigenvalue weighted by atomic mass is 28.3. The number of carbonyl (C=O) groups is 2. The van der Waals surface area contributed by atoms with E-state index >= 15 is 0 Å². The highest BCUT2D eigenvalue weighted by Gasteiger charge is 2.45. The van der Waals surface area contributed by atoms with Crippen molar-refractivity contribution < 1.29 is 23.8 Å². The highest BCUT2D eigenvalue weighted by Crippen LogP contribution is 2.25.